The van der Waals surface area contributed by atoms with E-state index in [9.17, 15) is 4.79 Å². The molecule has 1 aliphatic heterocycles. The Labute approximate surface area is 80.6 Å². The second-order valence-corrected chi connectivity index (χ2v) is 3.87. The van der Waals surface area contributed by atoms with Gasteiger partial charge in [0.05, 0.1) is 0 Å². The molecule has 1 unspecified atom stereocenters. The topological polar surface area (TPSA) is 20.3 Å². The normalized spacial score (nSPS) is 25.1. The molecule has 0 fully saturated rings. The summed E-state index contributed by atoms with van der Waals surface area (Å²) >= 11 is 0. The first-order chi connectivity index (χ1) is 6.07. The Hall–Kier alpha value is -0.790. The van der Waals surface area contributed by atoms with Crippen molar-refractivity contribution in [2.24, 2.45) is 5.92 Å². The Morgan fingerprint density at radius 3 is 2.62 bits per heavy atom. The van der Waals surface area contributed by atoms with Crippen LogP contribution in [0.2, 0.25) is 0 Å². The highest BCUT2D eigenvalue weighted by Gasteiger charge is 2.22. The molecule has 1 amide bonds. The van der Waals surface area contributed by atoms with Crippen LogP contribution in [0.4, 0.5) is 0 Å². The third-order valence-electron chi connectivity index (χ3n) is 3.26. The molecular formula is C11H19NO. The molecule has 0 aromatic heterocycles. The van der Waals surface area contributed by atoms with Crippen LogP contribution in [0.5, 0.6) is 0 Å². The van der Waals surface area contributed by atoms with Crippen molar-refractivity contribution in [3.05, 3.63) is 11.3 Å². The van der Waals surface area contributed by atoms with Gasteiger partial charge in [-0.3, -0.25) is 4.79 Å². The van der Waals surface area contributed by atoms with E-state index in [0.29, 0.717) is 12.3 Å². The van der Waals surface area contributed by atoms with Crippen LogP contribution in [0.15, 0.2) is 11.3 Å². The minimum Gasteiger partial charge on any atom is -0.320 e. The summed E-state index contributed by atoms with van der Waals surface area (Å²) in [5, 5.41) is 0. The molecule has 0 aromatic rings. The Kier molecular flexibility index (Phi) is 3.12. The fourth-order valence-electron chi connectivity index (χ4n) is 1.94. The molecular weight excluding hydrogens is 162 g/mol. The van der Waals surface area contributed by atoms with Gasteiger partial charge in [-0.15, -0.1) is 0 Å². The lowest BCUT2D eigenvalue weighted by atomic mass is 9.93. The van der Waals surface area contributed by atoms with Gasteiger partial charge in [0.15, 0.2) is 0 Å². The smallest absolute Gasteiger partial charge is 0.226 e. The molecule has 13 heavy (non-hydrogen) atoms. The molecule has 0 aliphatic carbocycles. The van der Waals surface area contributed by atoms with E-state index in [1.165, 1.54) is 5.57 Å². The summed E-state index contributed by atoms with van der Waals surface area (Å²) in [7, 11) is 1.87. The lowest BCUT2D eigenvalue weighted by molar-refractivity contribution is -0.128. The molecule has 2 heteroatoms. The molecule has 2 nitrogen and oxygen atoms in total. The maximum atomic E-state index is 11.5. The number of carbonyl (C=O) groups excluding carboxylic acids is 1. The highest BCUT2D eigenvalue weighted by Crippen LogP contribution is 2.28. The number of hydrogen-bond donors (Lipinski definition) is 0. The van der Waals surface area contributed by atoms with Crippen molar-refractivity contribution in [2.45, 2.75) is 40.0 Å². The number of carbonyl (C=O) groups is 1. The Balaban J connectivity index is 2.95. The van der Waals surface area contributed by atoms with Crippen LogP contribution in [0.25, 0.3) is 0 Å². The first-order valence-electron chi connectivity index (χ1n) is 5.01. The molecule has 0 spiro atoms. The van der Waals surface area contributed by atoms with Crippen molar-refractivity contribution in [2.75, 3.05) is 7.05 Å². The SMILES string of the molecule is CCC1CCC(=O)N(C)C(C)=C1C. The third-order valence-corrected chi connectivity index (χ3v) is 3.26. The molecule has 0 radical (unpaired) electrons. The second kappa shape index (κ2) is 3.95. The number of allylic oxidation sites excluding steroid dienone is 2. The molecule has 1 atom stereocenters. The summed E-state index contributed by atoms with van der Waals surface area (Å²) in [5.74, 6) is 0.863. The summed E-state index contributed by atoms with van der Waals surface area (Å²) in [6.07, 6.45) is 2.86. The number of hydrogen-bond acceptors (Lipinski definition) is 1. The average molecular weight is 181 g/mol. The van der Waals surface area contributed by atoms with Gasteiger partial charge in [-0.2, -0.15) is 0 Å². The molecule has 0 N–H and O–H groups in total. The van der Waals surface area contributed by atoms with E-state index in [4.69, 9.17) is 0 Å². The summed E-state index contributed by atoms with van der Waals surface area (Å²) in [5.41, 5.74) is 2.53. The lowest BCUT2D eigenvalue weighted by Gasteiger charge is -2.18. The van der Waals surface area contributed by atoms with Crippen molar-refractivity contribution >= 4 is 5.91 Å². The minimum absolute atomic E-state index is 0.257. The van der Waals surface area contributed by atoms with Gasteiger partial charge < -0.3 is 4.90 Å². The largest absolute Gasteiger partial charge is 0.320 e. The van der Waals surface area contributed by atoms with Crippen LogP contribution in [0, 0.1) is 5.92 Å². The molecule has 0 aromatic carbocycles. The third kappa shape index (κ3) is 1.93. The molecule has 0 saturated heterocycles. The van der Waals surface area contributed by atoms with Gasteiger partial charge in [-0.1, -0.05) is 12.5 Å². The maximum absolute atomic E-state index is 11.5. The summed E-state index contributed by atoms with van der Waals surface area (Å²) in [6, 6.07) is 0. The van der Waals surface area contributed by atoms with Crippen LogP contribution in [0.3, 0.4) is 0 Å². The highest BCUT2D eigenvalue weighted by atomic mass is 16.2. The summed E-state index contributed by atoms with van der Waals surface area (Å²) < 4.78 is 0. The molecule has 74 valence electrons. The van der Waals surface area contributed by atoms with E-state index >= 15 is 0 Å². The van der Waals surface area contributed by atoms with E-state index in [1.807, 2.05) is 14.0 Å². The van der Waals surface area contributed by atoms with E-state index in [2.05, 4.69) is 13.8 Å². The predicted molar refractivity (Wildman–Crippen MR) is 54.2 cm³/mol. The van der Waals surface area contributed by atoms with Crippen LogP contribution in [-0.2, 0) is 4.79 Å². The number of rotatable bonds is 1. The molecule has 1 aliphatic rings. The number of nitrogens with zero attached hydrogens (tertiary/aromatic N) is 1. The van der Waals surface area contributed by atoms with Crippen LogP contribution in [0.1, 0.15) is 40.0 Å². The van der Waals surface area contributed by atoms with Gasteiger partial charge in [0, 0.05) is 19.2 Å². The zero-order valence-corrected chi connectivity index (χ0v) is 9.05. The van der Waals surface area contributed by atoms with Gasteiger partial charge in [-0.25, -0.2) is 0 Å². The van der Waals surface area contributed by atoms with E-state index in [1.54, 1.807) is 4.90 Å². The van der Waals surface area contributed by atoms with E-state index < -0.39 is 0 Å². The average Bonchev–Trinajstić information content (AvgIpc) is 2.22. The minimum atomic E-state index is 0.257. The van der Waals surface area contributed by atoms with Crippen molar-refractivity contribution in [1.82, 2.24) is 4.90 Å². The quantitative estimate of drug-likeness (QED) is 0.609. The van der Waals surface area contributed by atoms with Crippen LogP contribution < -0.4 is 0 Å². The summed E-state index contributed by atoms with van der Waals surface area (Å²) in [4.78, 5) is 13.3. The molecule has 1 rings (SSSR count). The monoisotopic (exact) mass is 181 g/mol. The zero-order valence-electron chi connectivity index (χ0n) is 9.05. The Morgan fingerprint density at radius 2 is 2.08 bits per heavy atom. The van der Waals surface area contributed by atoms with Crippen LogP contribution >= 0.6 is 0 Å². The van der Waals surface area contributed by atoms with Crippen molar-refractivity contribution in [1.29, 1.82) is 0 Å². The maximum Gasteiger partial charge on any atom is 0.226 e. The Morgan fingerprint density at radius 1 is 1.46 bits per heavy atom. The second-order valence-electron chi connectivity index (χ2n) is 3.87. The first kappa shape index (κ1) is 10.3. The lowest BCUT2D eigenvalue weighted by Crippen LogP contribution is -2.23. The highest BCUT2D eigenvalue weighted by molar-refractivity contribution is 5.78. The van der Waals surface area contributed by atoms with E-state index in [0.717, 1.165) is 18.5 Å². The first-order valence-corrected chi connectivity index (χ1v) is 5.01. The molecule has 0 bridgehead atoms. The van der Waals surface area contributed by atoms with Crippen molar-refractivity contribution < 1.29 is 4.79 Å². The molecule has 0 saturated carbocycles. The molecule has 1 heterocycles. The van der Waals surface area contributed by atoms with Crippen molar-refractivity contribution in [3.63, 3.8) is 0 Å². The van der Waals surface area contributed by atoms with E-state index in [-0.39, 0.29) is 5.91 Å². The Bertz CT molecular complexity index is 242. The fourth-order valence-corrected chi connectivity index (χ4v) is 1.94. The van der Waals surface area contributed by atoms with Crippen molar-refractivity contribution in [3.8, 4) is 0 Å². The fraction of sp³-hybridized carbons (Fsp3) is 0.727. The summed E-state index contributed by atoms with van der Waals surface area (Å²) in [6.45, 7) is 6.39. The van der Waals surface area contributed by atoms with Gasteiger partial charge >= 0.3 is 0 Å². The van der Waals surface area contributed by atoms with Crippen LogP contribution in [-0.4, -0.2) is 17.9 Å². The predicted octanol–water partition coefficient (Wildman–Crippen LogP) is 2.56. The zero-order chi connectivity index (χ0) is 10.0. The van der Waals surface area contributed by atoms with Gasteiger partial charge in [0.25, 0.3) is 0 Å². The van der Waals surface area contributed by atoms with Gasteiger partial charge in [0.2, 0.25) is 5.91 Å². The standard InChI is InChI=1S/C11H19NO/c1-5-10-6-7-11(13)12(4)9(3)8(10)2/h10H,5-7H2,1-4H3. The van der Waals surface area contributed by atoms with Gasteiger partial charge in [0.1, 0.15) is 0 Å². The van der Waals surface area contributed by atoms with Gasteiger partial charge in [-0.05, 0) is 32.6 Å². The number of amides is 1.